The number of benzene rings is 3. The Labute approximate surface area is 225 Å². The summed E-state index contributed by atoms with van der Waals surface area (Å²) in [6.07, 6.45) is 1.97. The van der Waals surface area contributed by atoms with Crippen LogP contribution in [0.4, 0.5) is 8.78 Å². The molecular weight excluding hydrogens is 498 g/mol. The lowest BCUT2D eigenvalue weighted by molar-refractivity contribution is 0.192. The molecule has 0 amide bonds. The van der Waals surface area contributed by atoms with Crippen LogP contribution >= 0.6 is 0 Å². The number of aromatic nitrogens is 5. The van der Waals surface area contributed by atoms with Crippen molar-refractivity contribution in [2.45, 2.75) is 45.3 Å². The fourth-order valence-corrected chi connectivity index (χ4v) is 5.25. The zero-order valence-corrected chi connectivity index (χ0v) is 21.9. The largest absolute Gasteiger partial charge is 0.491 e. The summed E-state index contributed by atoms with van der Waals surface area (Å²) in [4.78, 5) is 6.91. The summed E-state index contributed by atoms with van der Waals surface area (Å²) in [6, 6.07) is 17.9. The van der Waals surface area contributed by atoms with E-state index in [0.29, 0.717) is 12.4 Å². The Balaban J connectivity index is 1.21. The number of halogens is 2. The van der Waals surface area contributed by atoms with Crippen molar-refractivity contribution in [3.8, 4) is 28.4 Å². The van der Waals surface area contributed by atoms with Crippen LogP contribution in [0.5, 0.6) is 5.75 Å². The van der Waals surface area contributed by atoms with E-state index in [1.807, 2.05) is 56.3 Å². The van der Waals surface area contributed by atoms with Gasteiger partial charge in [-0.25, -0.2) is 13.8 Å². The van der Waals surface area contributed by atoms with Crippen LogP contribution in [0.3, 0.4) is 0 Å². The number of aromatic amines is 2. The van der Waals surface area contributed by atoms with Crippen molar-refractivity contribution < 1.29 is 13.5 Å². The summed E-state index contributed by atoms with van der Waals surface area (Å²) < 4.78 is 34.2. The van der Waals surface area contributed by atoms with Crippen molar-refractivity contribution in [2.24, 2.45) is 0 Å². The minimum absolute atomic E-state index is 0.106. The molecule has 7 nitrogen and oxygen atoms in total. The first-order valence-corrected chi connectivity index (χ1v) is 13.3. The molecule has 0 aliphatic carbocycles. The van der Waals surface area contributed by atoms with Gasteiger partial charge in [0.05, 0.1) is 17.3 Å². The molecule has 1 aliphatic heterocycles. The highest BCUT2D eigenvalue weighted by atomic mass is 19.1. The maximum Gasteiger partial charge on any atom is 0.181 e. The van der Waals surface area contributed by atoms with Crippen molar-refractivity contribution in [3.05, 3.63) is 83.7 Å². The number of ether oxygens (including phenoxy) is 1. The van der Waals surface area contributed by atoms with E-state index in [9.17, 15) is 8.78 Å². The normalized spacial score (nSPS) is 16.3. The molecule has 1 fully saturated rings. The van der Waals surface area contributed by atoms with E-state index in [1.165, 1.54) is 18.2 Å². The second-order valence-electron chi connectivity index (χ2n) is 10.3. The lowest BCUT2D eigenvalue weighted by Gasteiger charge is -2.31. The minimum atomic E-state index is -0.507. The molecule has 0 bridgehead atoms. The molecule has 200 valence electrons. The third kappa shape index (κ3) is 5.27. The van der Waals surface area contributed by atoms with E-state index in [4.69, 9.17) is 9.72 Å². The standard InChI is InChI=1S/C30H30F2N6O/c1-18(2)39-22-11-8-19(9-12-22)28-23-15-20(10-13-27(23)34-35-28)29-33-30(37-36-29)21-5-4-14-38(16-21)17-24-25(31)6-3-7-26(24)32/h3,6-13,15,18,21H,4-5,14,16-17H2,1-2H3,(H,34,35)(H,33,36,37)/t21-/m1/s1. The smallest absolute Gasteiger partial charge is 0.181 e. The van der Waals surface area contributed by atoms with E-state index >= 15 is 0 Å². The third-order valence-corrected chi connectivity index (χ3v) is 7.16. The van der Waals surface area contributed by atoms with Crippen molar-refractivity contribution >= 4 is 10.9 Å². The van der Waals surface area contributed by atoms with Crippen LogP contribution in [0, 0.1) is 11.6 Å². The van der Waals surface area contributed by atoms with Gasteiger partial charge in [0.25, 0.3) is 0 Å². The second-order valence-corrected chi connectivity index (χ2v) is 10.3. The fourth-order valence-electron chi connectivity index (χ4n) is 5.25. The van der Waals surface area contributed by atoms with Crippen LogP contribution in [0.1, 0.15) is 44.0 Å². The number of rotatable bonds is 7. The number of H-pyrrole nitrogens is 2. The predicted molar refractivity (Wildman–Crippen MR) is 146 cm³/mol. The number of hydrogen-bond acceptors (Lipinski definition) is 5. The van der Waals surface area contributed by atoms with Crippen LogP contribution in [0.15, 0.2) is 60.7 Å². The average molecular weight is 529 g/mol. The predicted octanol–water partition coefficient (Wildman–Crippen LogP) is 6.46. The Kier molecular flexibility index (Phi) is 6.83. The molecule has 0 unspecified atom stereocenters. The van der Waals surface area contributed by atoms with E-state index in [2.05, 4.69) is 25.3 Å². The first-order chi connectivity index (χ1) is 18.9. The SMILES string of the molecule is CC(C)Oc1ccc(-c2n[nH]c3ccc(-c4n[nH]c([C@@H]5CCCN(Cc6c(F)cccc6F)C5)n4)cc23)cc1. The molecular formula is C30H30F2N6O. The third-order valence-electron chi connectivity index (χ3n) is 7.16. The molecule has 2 N–H and O–H groups in total. The summed E-state index contributed by atoms with van der Waals surface area (Å²) >= 11 is 0. The van der Waals surface area contributed by atoms with E-state index in [1.54, 1.807) is 0 Å². The molecule has 5 aromatic rings. The molecule has 0 spiro atoms. The Bertz CT molecular complexity index is 1570. The Hall–Kier alpha value is -4.11. The highest BCUT2D eigenvalue weighted by Crippen LogP contribution is 2.32. The summed E-state index contributed by atoms with van der Waals surface area (Å²) in [5, 5.41) is 16.3. The molecule has 9 heteroatoms. The van der Waals surface area contributed by atoms with E-state index in [-0.39, 0.29) is 24.1 Å². The summed E-state index contributed by atoms with van der Waals surface area (Å²) in [5.74, 6) is 1.31. The molecule has 39 heavy (non-hydrogen) atoms. The van der Waals surface area contributed by atoms with Gasteiger partial charge in [-0.3, -0.25) is 15.1 Å². The topological polar surface area (TPSA) is 82.7 Å². The van der Waals surface area contributed by atoms with Gasteiger partial charge in [-0.05, 0) is 87.8 Å². The van der Waals surface area contributed by atoms with Crippen LogP contribution < -0.4 is 4.74 Å². The Morgan fingerprint density at radius 3 is 2.51 bits per heavy atom. The van der Waals surface area contributed by atoms with E-state index in [0.717, 1.165) is 58.7 Å². The zero-order chi connectivity index (χ0) is 26.9. The van der Waals surface area contributed by atoms with Gasteiger partial charge in [-0.15, -0.1) is 0 Å². The quantitative estimate of drug-likeness (QED) is 0.253. The molecule has 2 aromatic heterocycles. The van der Waals surface area contributed by atoms with Gasteiger partial charge in [0.2, 0.25) is 0 Å². The summed E-state index contributed by atoms with van der Waals surface area (Å²) in [5.41, 5.74) is 3.76. The Morgan fingerprint density at radius 1 is 0.974 bits per heavy atom. The first kappa shape index (κ1) is 25.2. The van der Waals surface area contributed by atoms with Crippen molar-refractivity contribution in [1.82, 2.24) is 30.3 Å². The molecule has 1 atom stereocenters. The van der Waals surface area contributed by atoms with Crippen molar-refractivity contribution in [2.75, 3.05) is 13.1 Å². The molecule has 1 aliphatic rings. The highest BCUT2D eigenvalue weighted by Gasteiger charge is 2.26. The zero-order valence-electron chi connectivity index (χ0n) is 21.9. The van der Waals surface area contributed by atoms with Gasteiger partial charge in [-0.2, -0.15) is 10.2 Å². The number of hydrogen-bond donors (Lipinski definition) is 2. The number of likely N-dealkylation sites (tertiary alicyclic amines) is 1. The highest BCUT2D eigenvalue weighted by molar-refractivity contribution is 5.95. The van der Waals surface area contributed by atoms with Gasteiger partial charge in [0, 0.05) is 41.1 Å². The molecule has 3 heterocycles. The average Bonchev–Trinajstić information content (AvgIpc) is 3.59. The number of nitrogens with zero attached hydrogens (tertiary/aromatic N) is 4. The van der Waals surface area contributed by atoms with Crippen LogP contribution in [-0.4, -0.2) is 49.5 Å². The summed E-state index contributed by atoms with van der Waals surface area (Å²) in [7, 11) is 0. The second kappa shape index (κ2) is 10.6. The van der Waals surface area contributed by atoms with Crippen molar-refractivity contribution in [3.63, 3.8) is 0 Å². The maximum atomic E-state index is 14.2. The number of nitrogens with one attached hydrogen (secondary N) is 2. The molecule has 3 aromatic carbocycles. The van der Waals surface area contributed by atoms with Gasteiger partial charge >= 0.3 is 0 Å². The van der Waals surface area contributed by atoms with Crippen molar-refractivity contribution in [1.29, 1.82) is 0 Å². The minimum Gasteiger partial charge on any atom is -0.491 e. The summed E-state index contributed by atoms with van der Waals surface area (Å²) in [6.45, 7) is 5.69. The maximum absolute atomic E-state index is 14.2. The lowest BCUT2D eigenvalue weighted by atomic mass is 9.97. The van der Waals surface area contributed by atoms with Gasteiger partial charge < -0.3 is 4.74 Å². The van der Waals surface area contributed by atoms with Gasteiger partial charge in [0.15, 0.2) is 5.82 Å². The fraction of sp³-hybridized carbons (Fsp3) is 0.300. The lowest BCUT2D eigenvalue weighted by Crippen LogP contribution is -2.34. The van der Waals surface area contributed by atoms with Crippen LogP contribution in [0.2, 0.25) is 0 Å². The van der Waals surface area contributed by atoms with Gasteiger partial charge in [-0.1, -0.05) is 6.07 Å². The Morgan fingerprint density at radius 2 is 1.74 bits per heavy atom. The number of piperidine rings is 1. The first-order valence-electron chi connectivity index (χ1n) is 13.3. The van der Waals surface area contributed by atoms with Gasteiger partial charge in [0.1, 0.15) is 23.2 Å². The van der Waals surface area contributed by atoms with Crippen LogP contribution in [-0.2, 0) is 6.54 Å². The molecule has 6 rings (SSSR count). The molecule has 0 radical (unpaired) electrons. The molecule has 1 saturated heterocycles. The monoisotopic (exact) mass is 528 g/mol. The number of fused-ring (bicyclic) bond motifs is 1. The van der Waals surface area contributed by atoms with Crippen LogP contribution in [0.25, 0.3) is 33.5 Å². The van der Waals surface area contributed by atoms with E-state index < -0.39 is 11.6 Å². The molecule has 0 saturated carbocycles.